The first-order chi connectivity index (χ1) is 10.6. The van der Waals surface area contributed by atoms with Crippen molar-refractivity contribution in [1.29, 1.82) is 0 Å². The van der Waals surface area contributed by atoms with Crippen LogP contribution in [0.1, 0.15) is 11.1 Å². The van der Waals surface area contributed by atoms with E-state index in [-0.39, 0.29) is 18.3 Å². The number of halogens is 1. The number of rotatable bonds is 5. The molecule has 0 aromatic heterocycles. The van der Waals surface area contributed by atoms with Gasteiger partial charge in [-0.25, -0.2) is 4.39 Å². The summed E-state index contributed by atoms with van der Waals surface area (Å²) in [5.74, 6) is 0.0233. The molecule has 2 aromatic rings. The summed E-state index contributed by atoms with van der Waals surface area (Å²) in [6.45, 7) is 0.232. The second-order valence-corrected chi connectivity index (χ2v) is 4.66. The van der Waals surface area contributed by atoms with Gasteiger partial charge in [0.15, 0.2) is 0 Å². The second-order valence-electron chi connectivity index (χ2n) is 4.66. The molecular weight excluding hydrogens is 283 g/mol. The lowest BCUT2D eigenvalue weighted by Crippen LogP contribution is -2.13. The van der Waals surface area contributed by atoms with Crippen LogP contribution in [0.2, 0.25) is 0 Å². The Hall–Kier alpha value is -2.82. The molecule has 1 amide bonds. The minimum absolute atomic E-state index is 0.190. The molecule has 0 atom stereocenters. The van der Waals surface area contributed by atoms with Gasteiger partial charge in [-0.1, -0.05) is 18.2 Å². The number of hydrogen-bond acceptors (Lipinski definition) is 3. The Labute approximate surface area is 128 Å². The van der Waals surface area contributed by atoms with Crippen LogP contribution in [-0.4, -0.2) is 13.0 Å². The molecule has 0 aliphatic heterocycles. The zero-order valence-corrected chi connectivity index (χ0v) is 12.2. The fourth-order valence-corrected chi connectivity index (χ4v) is 1.85. The molecule has 0 bridgehead atoms. The molecule has 0 spiro atoms. The number of amides is 1. The van der Waals surface area contributed by atoms with Gasteiger partial charge in [-0.15, -0.1) is 0 Å². The van der Waals surface area contributed by atoms with Gasteiger partial charge in [0.1, 0.15) is 18.2 Å². The van der Waals surface area contributed by atoms with Crippen LogP contribution in [-0.2, 0) is 11.4 Å². The summed E-state index contributed by atoms with van der Waals surface area (Å²) in [6, 6.07) is 11.4. The average molecular weight is 300 g/mol. The molecule has 0 radical (unpaired) electrons. The van der Waals surface area contributed by atoms with Crippen molar-refractivity contribution in [2.24, 2.45) is 0 Å². The lowest BCUT2D eigenvalue weighted by molar-refractivity contribution is -0.115. The molecule has 0 aliphatic carbocycles. The minimum atomic E-state index is -0.302. The topological polar surface area (TPSA) is 64.3 Å². The monoisotopic (exact) mass is 300 g/mol. The zero-order chi connectivity index (χ0) is 15.9. The van der Waals surface area contributed by atoms with Gasteiger partial charge in [-0.05, 0) is 41.5 Å². The molecule has 0 aliphatic rings. The van der Waals surface area contributed by atoms with Crippen molar-refractivity contribution in [3.63, 3.8) is 0 Å². The van der Waals surface area contributed by atoms with E-state index in [1.165, 1.54) is 18.2 Å². The highest BCUT2D eigenvalue weighted by Crippen LogP contribution is 2.24. The lowest BCUT2D eigenvalue weighted by Gasteiger charge is -2.09. The van der Waals surface area contributed by atoms with Crippen molar-refractivity contribution in [3.8, 4) is 5.75 Å². The number of anilines is 1. The lowest BCUT2D eigenvalue weighted by atomic mass is 10.1. The molecule has 0 saturated carbocycles. The molecule has 0 heterocycles. The van der Waals surface area contributed by atoms with Gasteiger partial charge in [-0.2, -0.15) is 0 Å². The van der Waals surface area contributed by atoms with Crippen molar-refractivity contribution in [2.45, 2.75) is 6.61 Å². The Bertz CT molecular complexity index is 699. The highest BCUT2D eigenvalue weighted by Gasteiger charge is 2.03. The normalized spacial score (nSPS) is 10.6. The van der Waals surface area contributed by atoms with Crippen LogP contribution < -0.4 is 15.8 Å². The van der Waals surface area contributed by atoms with E-state index in [0.29, 0.717) is 11.4 Å². The third-order valence-corrected chi connectivity index (χ3v) is 2.99. The van der Waals surface area contributed by atoms with E-state index in [4.69, 9.17) is 10.5 Å². The maximum atomic E-state index is 13.1. The van der Waals surface area contributed by atoms with Crippen LogP contribution in [0, 0.1) is 5.82 Å². The maximum Gasteiger partial charge on any atom is 0.243 e. The molecule has 0 fully saturated rings. The first kappa shape index (κ1) is 15.6. The highest BCUT2D eigenvalue weighted by molar-refractivity contribution is 5.91. The van der Waals surface area contributed by atoms with E-state index >= 15 is 0 Å². The van der Waals surface area contributed by atoms with Crippen molar-refractivity contribution in [2.75, 3.05) is 12.8 Å². The van der Waals surface area contributed by atoms with E-state index < -0.39 is 0 Å². The number of ether oxygens (including phenoxy) is 1. The number of carbonyl (C=O) groups excluding carboxylic acids is 1. The Balaban J connectivity index is 2.03. The molecular formula is C17H17FN2O2. The summed E-state index contributed by atoms with van der Waals surface area (Å²) in [5.41, 5.74) is 7.89. The minimum Gasteiger partial charge on any atom is -0.487 e. The molecule has 22 heavy (non-hydrogen) atoms. The van der Waals surface area contributed by atoms with Crippen molar-refractivity contribution in [3.05, 3.63) is 65.5 Å². The molecule has 4 nitrogen and oxygen atoms in total. The van der Waals surface area contributed by atoms with Gasteiger partial charge >= 0.3 is 0 Å². The van der Waals surface area contributed by atoms with Gasteiger partial charge in [0, 0.05) is 13.1 Å². The summed E-state index contributed by atoms with van der Waals surface area (Å²) in [4.78, 5) is 11.1. The van der Waals surface area contributed by atoms with Gasteiger partial charge < -0.3 is 15.8 Å². The van der Waals surface area contributed by atoms with E-state index in [9.17, 15) is 9.18 Å². The van der Waals surface area contributed by atoms with Gasteiger partial charge in [0.25, 0.3) is 0 Å². The van der Waals surface area contributed by atoms with Crippen LogP contribution in [0.25, 0.3) is 6.08 Å². The molecule has 114 valence electrons. The second kappa shape index (κ2) is 7.26. The number of carbonyl (C=O) groups is 1. The summed E-state index contributed by atoms with van der Waals surface area (Å²) in [7, 11) is 1.56. The Kier molecular flexibility index (Phi) is 5.14. The Morgan fingerprint density at radius 3 is 2.82 bits per heavy atom. The molecule has 2 rings (SSSR count). The third kappa shape index (κ3) is 4.34. The fourth-order valence-electron chi connectivity index (χ4n) is 1.85. The van der Waals surface area contributed by atoms with E-state index in [0.717, 1.165) is 11.1 Å². The third-order valence-electron chi connectivity index (χ3n) is 2.99. The predicted molar refractivity (Wildman–Crippen MR) is 84.7 cm³/mol. The van der Waals surface area contributed by atoms with Gasteiger partial charge in [0.2, 0.25) is 5.91 Å². The van der Waals surface area contributed by atoms with Crippen molar-refractivity contribution >= 4 is 17.7 Å². The summed E-state index contributed by atoms with van der Waals surface area (Å²) in [6.07, 6.45) is 3.08. The molecule has 0 unspecified atom stereocenters. The smallest absolute Gasteiger partial charge is 0.243 e. The summed E-state index contributed by atoms with van der Waals surface area (Å²) < 4.78 is 18.7. The quantitative estimate of drug-likeness (QED) is 0.659. The van der Waals surface area contributed by atoms with Crippen LogP contribution in [0.15, 0.2) is 48.5 Å². The van der Waals surface area contributed by atoms with E-state index in [2.05, 4.69) is 5.32 Å². The predicted octanol–water partition coefficient (Wildman–Crippen LogP) is 2.75. The number of hydrogen-bond donors (Lipinski definition) is 2. The van der Waals surface area contributed by atoms with E-state index in [1.54, 1.807) is 43.5 Å². The maximum absolute atomic E-state index is 13.1. The first-order valence-corrected chi connectivity index (χ1v) is 6.75. The fraction of sp³-hybridized carbons (Fsp3) is 0.118. The Morgan fingerprint density at radius 1 is 1.32 bits per heavy atom. The molecule has 0 saturated heterocycles. The van der Waals surface area contributed by atoms with Crippen molar-refractivity contribution in [1.82, 2.24) is 5.32 Å². The molecule has 2 aromatic carbocycles. The van der Waals surface area contributed by atoms with Crippen LogP contribution in [0.4, 0.5) is 10.1 Å². The van der Waals surface area contributed by atoms with Crippen LogP contribution in [0.3, 0.4) is 0 Å². The van der Waals surface area contributed by atoms with Crippen LogP contribution >= 0.6 is 0 Å². The van der Waals surface area contributed by atoms with E-state index in [1.807, 2.05) is 0 Å². The number of benzene rings is 2. The number of nitrogen functional groups attached to an aromatic ring is 1. The number of nitrogens with one attached hydrogen (secondary N) is 1. The average Bonchev–Trinajstić information content (AvgIpc) is 2.51. The molecule has 3 N–H and O–H groups in total. The number of nitrogens with two attached hydrogens (primary N) is 1. The van der Waals surface area contributed by atoms with Gasteiger partial charge in [-0.3, -0.25) is 4.79 Å². The highest BCUT2D eigenvalue weighted by atomic mass is 19.1. The van der Waals surface area contributed by atoms with Crippen LogP contribution in [0.5, 0.6) is 5.75 Å². The Morgan fingerprint density at radius 2 is 2.14 bits per heavy atom. The standard InChI is InChI=1S/C17H17FN2O2/c1-20-17(21)8-6-12-5-7-16(15(19)10-12)22-11-13-3-2-4-14(18)9-13/h2-10H,11,19H2,1H3,(H,20,21)/b8-6-. The summed E-state index contributed by atoms with van der Waals surface area (Å²) >= 11 is 0. The SMILES string of the molecule is CNC(=O)/C=C\c1ccc(OCc2cccc(F)c2)c(N)c1. The van der Waals surface area contributed by atoms with Gasteiger partial charge in [0.05, 0.1) is 5.69 Å². The largest absolute Gasteiger partial charge is 0.487 e. The number of likely N-dealkylation sites (N-methyl/N-ethyl adjacent to an activating group) is 1. The molecule has 5 heteroatoms. The zero-order valence-electron chi connectivity index (χ0n) is 12.2. The summed E-state index contributed by atoms with van der Waals surface area (Å²) in [5, 5.41) is 2.49. The first-order valence-electron chi connectivity index (χ1n) is 6.75. The van der Waals surface area contributed by atoms with Crippen molar-refractivity contribution < 1.29 is 13.9 Å².